The lowest BCUT2D eigenvalue weighted by Crippen LogP contribution is -2.58. The molecular weight excluding hydrogens is 522 g/mol. The van der Waals surface area contributed by atoms with Gasteiger partial charge in [0.25, 0.3) is 0 Å². The molecule has 3 atom stereocenters. The molecule has 3 aromatic rings. The van der Waals surface area contributed by atoms with Crippen LogP contribution in [-0.2, 0) is 15.0 Å². The van der Waals surface area contributed by atoms with Crippen LogP contribution >= 0.6 is 34.8 Å². The summed E-state index contributed by atoms with van der Waals surface area (Å²) in [5.41, 5.74) is 2.23. The second kappa shape index (κ2) is 9.70. The number of benzene rings is 3. The minimum absolute atomic E-state index is 0.0408. The number of hydrogen-bond donors (Lipinski definition) is 1. The van der Waals surface area contributed by atoms with Crippen molar-refractivity contribution in [2.75, 3.05) is 17.7 Å². The largest absolute Gasteiger partial charge is 0.334 e. The second-order valence-corrected chi connectivity index (χ2v) is 10.6. The standard InChI is InChI=1S/C28H24Cl3FN2O2/c1-16-6-8-20(32)14-21(16)23-15-25(35)34(11-3-10-29)26(17-4-2-5-18(30)12-17)28(23)22-9-7-19(31)13-24(22)33-27(28)36/h2,4-9,12-14,23,26H,3,10-11,15H2,1H3,(H,33,36). The van der Waals surface area contributed by atoms with E-state index in [2.05, 4.69) is 5.32 Å². The maximum absolute atomic E-state index is 14.6. The Kier molecular flexibility index (Phi) is 6.75. The van der Waals surface area contributed by atoms with Crippen molar-refractivity contribution in [3.63, 3.8) is 0 Å². The minimum Gasteiger partial charge on any atom is -0.334 e. The molecule has 4 nitrogen and oxygen atoms in total. The van der Waals surface area contributed by atoms with Gasteiger partial charge in [0, 0.05) is 40.5 Å². The van der Waals surface area contributed by atoms with E-state index in [0.29, 0.717) is 40.1 Å². The molecule has 1 N–H and O–H groups in total. The molecule has 3 aromatic carbocycles. The highest BCUT2D eigenvalue weighted by Gasteiger charge is 2.63. The van der Waals surface area contributed by atoms with Crippen LogP contribution in [0.2, 0.25) is 10.0 Å². The monoisotopic (exact) mass is 544 g/mol. The van der Waals surface area contributed by atoms with Gasteiger partial charge in [-0.3, -0.25) is 9.59 Å². The summed E-state index contributed by atoms with van der Waals surface area (Å²) in [5.74, 6) is -1.07. The molecule has 5 rings (SSSR count). The molecule has 36 heavy (non-hydrogen) atoms. The zero-order valence-electron chi connectivity index (χ0n) is 19.5. The molecule has 0 bridgehead atoms. The van der Waals surface area contributed by atoms with E-state index < -0.39 is 23.2 Å². The molecule has 2 aliphatic heterocycles. The predicted octanol–water partition coefficient (Wildman–Crippen LogP) is 7.02. The summed E-state index contributed by atoms with van der Waals surface area (Å²) in [6.07, 6.45) is 0.596. The van der Waals surface area contributed by atoms with Gasteiger partial charge in [0.15, 0.2) is 0 Å². The van der Waals surface area contributed by atoms with Gasteiger partial charge in [-0.25, -0.2) is 4.39 Å². The average Bonchev–Trinajstić information content (AvgIpc) is 3.12. The first-order valence-corrected chi connectivity index (χ1v) is 13.0. The SMILES string of the molecule is Cc1ccc(F)cc1C1CC(=O)N(CCCCl)C(c2cccc(Cl)c2)C12C(=O)Nc1cc(Cl)ccc12. The highest BCUT2D eigenvalue weighted by Crippen LogP contribution is 2.60. The van der Waals surface area contributed by atoms with Crippen LogP contribution in [0.3, 0.4) is 0 Å². The Bertz CT molecular complexity index is 1360. The lowest BCUT2D eigenvalue weighted by Gasteiger charge is -2.52. The topological polar surface area (TPSA) is 49.4 Å². The fraction of sp³-hybridized carbons (Fsp3) is 0.286. The van der Waals surface area contributed by atoms with Gasteiger partial charge in [-0.2, -0.15) is 0 Å². The molecule has 2 aliphatic rings. The quantitative estimate of drug-likeness (QED) is 0.350. The van der Waals surface area contributed by atoms with Crippen molar-refractivity contribution in [2.45, 2.75) is 37.1 Å². The lowest BCUT2D eigenvalue weighted by atomic mass is 9.58. The fourth-order valence-electron chi connectivity index (χ4n) is 5.92. The number of aryl methyl sites for hydroxylation is 1. The third-order valence-corrected chi connectivity index (χ3v) is 8.09. The van der Waals surface area contributed by atoms with Crippen molar-refractivity contribution in [3.05, 3.63) is 98.8 Å². The van der Waals surface area contributed by atoms with Gasteiger partial charge in [-0.15, -0.1) is 11.6 Å². The molecule has 0 radical (unpaired) electrons. The van der Waals surface area contributed by atoms with Crippen LogP contribution in [-0.4, -0.2) is 29.1 Å². The van der Waals surface area contributed by atoms with Crippen molar-refractivity contribution < 1.29 is 14.0 Å². The van der Waals surface area contributed by atoms with Gasteiger partial charge in [-0.1, -0.05) is 47.5 Å². The first-order valence-electron chi connectivity index (χ1n) is 11.8. The summed E-state index contributed by atoms with van der Waals surface area (Å²) in [6, 6.07) is 16.3. The number of nitrogens with zero attached hydrogens (tertiary/aromatic N) is 1. The molecule has 0 aromatic heterocycles. The number of likely N-dealkylation sites (tertiary alicyclic amines) is 1. The van der Waals surface area contributed by atoms with E-state index in [1.54, 1.807) is 35.2 Å². The first kappa shape index (κ1) is 25.1. The smallest absolute Gasteiger partial charge is 0.238 e. The maximum atomic E-state index is 14.6. The van der Waals surface area contributed by atoms with Crippen LogP contribution in [0.4, 0.5) is 10.1 Å². The summed E-state index contributed by atoms with van der Waals surface area (Å²) < 4.78 is 14.6. The molecule has 0 aliphatic carbocycles. The Morgan fingerprint density at radius 1 is 1.06 bits per heavy atom. The van der Waals surface area contributed by atoms with Crippen molar-refractivity contribution in [3.8, 4) is 0 Å². The molecule has 1 fully saturated rings. The van der Waals surface area contributed by atoms with Crippen LogP contribution in [0.5, 0.6) is 0 Å². The number of rotatable bonds is 5. The number of carbonyl (C=O) groups excluding carboxylic acids is 2. The molecule has 0 saturated carbocycles. The van der Waals surface area contributed by atoms with E-state index in [1.165, 1.54) is 12.1 Å². The van der Waals surface area contributed by atoms with E-state index in [-0.39, 0.29) is 18.2 Å². The van der Waals surface area contributed by atoms with Gasteiger partial charge in [0.1, 0.15) is 11.2 Å². The molecule has 1 spiro atoms. The van der Waals surface area contributed by atoms with Gasteiger partial charge < -0.3 is 10.2 Å². The highest BCUT2D eigenvalue weighted by atomic mass is 35.5. The Morgan fingerprint density at radius 2 is 1.83 bits per heavy atom. The minimum atomic E-state index is -1.25. The number of alkyl halides is 1. The van der Waals surface area contributed by atoms with E-state index >= 15 is 0 Å². The summed E-state index contributed by atoms with van der Waals surface area (Å²) in [4.78, 5) is 29.8. The molecule has 8 heteroatoms. The van der Waals surface area contributed by atoms with Crippen LogP contribution in [0.15, 0.2) is 60.7 Å². The molecule has 2 heterocycles. The third-order valence-electron chi connectivity index (χ3n) is 7.36. The van der Waals surface area contributed by atoms with E-state index in [4.69, 9.17) is 34.8 Å². The summed E-state index contributed by atoms with van der Waals surface area (Å²) >= 11 is 18.7. The number of fused-ring (bicyclic) bond motifs is 2. The van der Waals surface area contributed by atoms with Crippen LogP contribution < -0.4 is 5.32 Å². The molecule has 3 unspecified atom stereocenters. The number of halogens is 4. The first-order chi connectivity index (χ1) is 17.3. The van der Waals surface area contributed by atoms with E-state index in [1.807, 2.05) is 25.1 Å². The number of carbonyl (C=O) groups is 2. The Labute approximate surface area is 224 Å². The van der Waals surface area contributed by atoms with Crippen molar-refractivity contribution >= 4 is 52.3 Å². The number of piperidine rings is 1. The molecular formula is C28H24Cl3FN2O2. The van der Waals surface area contributed by atoms with Crippen LogP contribution in [0, 0.1) is 12.7 Å². The Morgan fingerprint density at radius 3 is 2.58 bits per heavy atom. The van der Waals surface area contributed by atoms with Crippen LogP contribution in [0.25, 0.3) is 0 Å². The summed E-state index contributed by atoms with van der Waals surface area (Å²) in [7, 11) is 0. The van der Waals surface area contributed by atoms with Crippen molar-refractivity contribution in [1.29, 1.82) is 0 Å². The number of amides is 2. The zero-order valence-corrected chi connectivity index (χ0v) is 21.8. The van der Waals surface area contributed by atoms with Gasteiger partial charge in [0.2, 0.25) is 11.8 Å². The number of hydrogen-bond acceptors (Lipinski definition) is 2. The van der Waals surface area contributed by atoms with Gasteiger partial charge >= 0.3 is 0 Å². The number of nitrogens with one attached hydrogen (secondary N) is 1. The predicted molar refractivity (Wildman–Crippen MR) is 141 cm³/mol. The molecule has 1 saturated heterocycles. The Balaban J connectivity index is 1.85. The normalized spacial score (nSPS) is 23.2. The summed E-state index contributed by atoms with van der Waals surface area (Å²) in [5, 5.41) is 4.00. The van der Waals surface area contributed by atoms with Gasteiger partial charge in [-0.05, 0) is 72.0 Å². The lowest BCUT2D eigenvalue weighted by molar-refractivity contribution is -0.145. The van der Waals surface area contributed by atoms with Gasteiger partial charge in [0.05, 0.1) is 6.04 Å². The molecule has 186 valence electrons. The van der Waals surface area contributed by atoms with Crippen molar-refractivity contribution in [2.24, 2.45) is 0 Å². The summed E-state index contributed by atoms with van der Waals surface area (Å²) in [6.45, 7) is 2.24. The average molecular weight is 546 g/mol. The number of anilines is 1. The van der Waals surface area contributed by atoms with E-state index in [9.17, 15) is 14.0 Å². The molecule has 2 amide bonds. The fourth-order valence-corrected chi connectivity index (χ4v) is 6.42. The zero-order chi connectivity index (χ0) is 25.6. The van der Waals surface area contributed by atoms with E-state index in [0.717, 1.165) is 16.7 Å². The maximum Gasteiger partial charge on any atom is 0.238 e. The Hall–Kier alpha value is -2.60. The van der Waals surface area contributed by atoms with Crippen LogP contribution in [0.1, 0.15) is 47.1 Å². The second-order valence-electron chi connectivity index (χ2n) is 9.36. The van der Waals surface area contributed by atoms with Crippen molar-refractivity contribution in [1.82, 2.24) is 4.90 Å². The third kappa shape index (κ3) is 3.98. The highest BCUT2D eigenvalue weighted by molar-refractivity contribution is 6.31.